The second-order valence-corrected chi connectivity index (χ2v) is 6.81. The van der Waals surface area contributed by atoms with E-state index in [1.165, 1.54) is 0 Å². The van der Waals surface area contributed by atoms with E-state index >= 15 is 0 Å². The van der Waals surface area contributed by atoms with Crippen molar-refractivity contribution in [1.29, 1.82) is 0 Å². The van der Waals surface area contributed by atoms with Crippen molar-refractivity contribution in [2.24, 2.45) is 5.41 Å². The van der Waals surface area contributed by atoms with Gasteiger partial charge in [-0.1, -0.05) is 11.6 Å². The van der Waals surface area contributed by atoms with Gasteiger partial charge in [0.15, 0.2) is 11.5 Å². The van der Waals surface area contributed by atoms with Crippen molar-refractivity contribution in [3.63, 3.8) is 0 Å². The predicted molar refractivity (Wildman–Crippen MR) is 80.6 cm³/mol. The molecule has 2 heterocycles. The third-order valence-corrected chi connectivity index (χ3v) is 5.12. The topological polar surface area (TPSA) is 59.0 Å². The summed E-state index contributed by atoms with van der Waals surface area (Å²) < 4.78 is 11.2. The van der Waals surface area contributed by atoms with Gasteiger partial charge in [-0.2, -0.15) is 0 Å². The van der Waals surface area contributed by atoms with E-state index in [2.05, 4.69) is 0 Å². The van der Waals surface area contributed by atoms with E-state index in [1.807, 2.05) is 0 Å². The molecule has 3 aliphatic rings. The highest BCUT2D eigenvalue weighted by atomic mass is 35.5. The van der Waals surface area contributed by atoms with Gasteiger partial charge in [0.2, 0.25) is 0 Å². The number of hydrogen-bond donors (Lipinski definition) is 1. The molecule has 1 amide bonds. The number of hydrogen-bond acceptors (Lipinski definition) is 4. The summed E-state index contributed by atoms with van der Waals surface area (Å²) in [7, 11) is 0. The Morgan fingerprint density at radius 3 is 2.82 bits per heavy atom. The minimum atomic E-state index is -0.410. The highest BCUT2D eigenvalue weighted by Crippen LogP contribution is 2.53. The van der Waals surface area contributed by atoms with E-state index in [9.17, 15) is 9.90 Å². The van der Waals surface area contributed by atoms with Crippen LogP contribution in [0.15, 0.2) is 12.1 Å². The molecule has 4 rings (SSSR count). The van der Waals surface area contributed by atoms with E-state index in [4.69, 9.17) is 21.1 Å². The molecule has 2 aliphatic heterocycles. The van der Waals surface area contributed by atoms with Crippen LogP contribution in [-0.4, -0.2) is 48.3 Å². The SMILES string of the molecule is O=C(c1cc(Cl)c2c(c1)OCCCO2)N1CC(O)C2(CC2)C1. The summed E-state index contributed by atoms with van der Waals surface area (Å²) in [5, 5.41) is 10.5. The van der Waals surface area contributed by atoms with Gasteiger partial charge >= 0.3 is 0 Å². The fraction of sp³-hybridized carbons (Fsp3) is 0.562. The third kappa shape index (κ3) is 2.23. The van der Waals surface area contributed by atoms with Crippen LogP contribution in [0.4, 0.5) is 0 Å². The van der Waals surface area contributed by atoms with Gasteiger partial charge in [0.25, 0.3) is 5.91 Å². The largest absolute Gasteiger partial charge is 0.489 e. The number of ether oxygens (including phenoxy) is 2. The summed E-state index contributed by atoms with van der Waals surface area (Å²) >= 11 is 6.24. The molecule has 1 saturated heterocycles. The third-order valence-electron chi connectivity index (χ3n) is 4.83. The Hall–Kier alpha value is -1.46. The van der Waals surface area contributed by atoms with E-state index in [-0.39, 0.29) is 11.3 Å². The highest BCUT2D eigenvalue weighted by molar-refractivity contribution is 6.32. The second kappa shape index (κ2) is 5.03. The maximum atomic E-state index is 12.7. The Balaban J connectivity index is 1.61. The zero-order valence-corrected chi connectivity index (χ0v) is 12.9. The first kappa shape index (κ1) is 14.2. The van der Waals surface area contributed by atoms with E-state index in [0.717, 1.165) is 19.3 Å². The average Bonchev–Trinajstić information content (AvgIpc) is 3.23. The van der Waals surface area contributed by atoms with Crippen molar-refractivity contribution in [1.82, 2.24) is 4.90 Å². The molecule has 1 aromatic carbocycles. The lowest BCUT2D eigenvalue weighted by molar-refractivity contribution is 0.0764. The Morgan fingerprint density at radius 2 is 2.09 bits per heavy atom. The summed E-state index contributed by atoms with van der Waals surface area (Å²) in [6, 6.07) is 3.32. The standard InChI is InChI=1S/C16H18ClNO4/c17-11-6-10(7-12-14(11)22-5-1-4-21-12)15(20)18-8-13(19)16(9-18)2-3-16/h6-7,13,19H,1-5,8-9H2. The Labute approximate surface area is 133 Å². The van der Waals surface area contributed by atoms with Crippen LogP contribution < -0.4 is 9.47 Å². The van der Waals surface area contributed by atoms with Gasteiger partial charge in [-0.3, -0.25) is 4.79 Å². The van der Waals surface area contributed by atoms with Gasteiger partial charge in [-0.05, 0) is 25.0 Å². The van der Waals surface area contributed by atoms with Gasteiger partial charge in [-0.25, -0.2) is 0 Å². The number of amides is 1. The summed E-state index contributed by atoms with van der Waals surface area (Å²) in [5.74, 6) is 0.922. The lowest BCUT2D eigenvalue weighted by Gasteiger charge is -2.17. The normalized spacial score (nSPS) is 25.2. The lowest BCUT2D eigenvalue weighted by atomic mass is 10.0. The number of nitrogens with zero attached hydrogens (tertiary/aromatic N) is 1. The van der Waals surface area contributed by atoms with Gasteiger partial charge in [-0.15, -0.1) is 0 Å². The molecule has 1 atom stereocenters. The molecule has 22 heavy (non-hydrogen) atoms. The summed E-state index contributed by atoms with van der Waals surface area (Å²) in [6.07, 6.45) is 2.38. The molecule has 1 saturated carbocycles. The van der Waals surface area contributed by atoms with Crippen LogP contribution in [0.25, 0.3) is 0 Å². The maximum absolute atomic E-state index is 12.7. The Morgan fingerprint density at radius 1 is 1.32 bits per heavy atom. The van der Waals surface area contributed by atoms with Crippen LogP contribution in [0.1, 0.15) is 29.6 Å². The van der Waals surface area contributed by atoms with Crippen LogP contribution >= 0.6 is 11.6 Å². The van der Waals surface area contributed by atoms with E-state index in [1.54, 1.807) is 17.0 Å². The summed E-state index contributed by atoms with van der Waals surface area (Å²) in [5.41, 5.74) is 0.434. The molecule has 1 N–H and O–H groups in total. The molecule has 1 aromatic rings. The average molecular weight is 324 g/mol. The van der Waals surface area contributed by atoms with Crippen LogP contribution in [-0.2, 0) is 0 Å². The number of aliphatic hydroxyl groups excluding tert-OH is 1. The van der Waals surface area contributed by atoms with E-state index in [0.29, 0.717) is 48.4 Å². The monoisotopic (exact) mass is 323 g/mol. The fourth-order valence-electron chi connectivity index (χ4n) is 3.30. The number of aliphatic hydroxyl groups is 1. The highest BCUT2D eigenvalue weighted by Gasteiger charge is 2.55. The van der Waals surface area contributed by atoms with Gasteiger partial charge in [0, 0.05) is 30.5 Å². The van der Waals surface area contributed by atoms with Crippen molar-refractivity contribution >= 4 is 17.5 Å². The Kier molecular flexibility index (Phi) is 3.24. The first-order valence-corrected chi connectivity index (χ1v) is 8.03. The van der Waals surface area contributed by atoms with Gasteiger partial charge in [0.1, 0.15) is 0 Å². The van der Waals surface area contributed by atoms with Crippen LogP contribution in [0.2, 0.25) is 5.02 Å². The molecule has 118 valence electrons. The molecule has 2 fully saturated rings. The first-order chi connectivity index (χ1) is 10.6. The number of likely N-dealkylation sites (tertiary alicyclic amines) is 1. The molecule has 0 aromatic heterocycles. The summed E-state index contributed by atoms with van der Waals surface area (Å²) in [4.78, 5) is 14.4. The maximum Gasteiger partial charge on any atom is 0.254 e. The Bertz CT molecular complexity index is 629. The molecule has 0 radical (unpaired) electrons. The van der Waals surface area contributed by atoms with Crippen molar-refractivity contribution < 1.29 is 19.4 Å². The lowest BCUT2D eigenvalue weighted by Crippen LogP contribution is -2.29. The van der Waals surface area contributed by atoms with Gasteiger partial charge in [0.05, 0.1) is 24.3 Å². The molecule has 0 bridgehead atoms. The predicted octanol–water partition coefficient (Wildman–Crippen LogP) is 2.10. The minimum Gasteiger partial charge on any atom is -0.489 e. The number of benzene rings is 1. The zero-order chi connectivity index (χ0) is 15.3. The zero-order valence-electron chi connectivity index (χ0n) is 12.2. The van der Waals surface area contributed by atoms with Gasteiger partial charge < -0.3 is 19.5 Å². The van der Waals surface area contributed by atoms with Crippen molar-refractivity contribution in [3.05, 3.63) is 22.7 Å². The molecule has 1 unspecified atom stereocenters. The second-order valence-electron chi connectivity index (χ2n) is 6.40. The van der Waals surface area contributed by atoms with Crippen LogP contribution in [0.3, 0.4) is 0 Å². The number of carbonyl (C=O) groups excluding carboxylic acids is 1. The first-order valence-electron chi connectivity index (χ1n) is 7.66. The quantitative estimate of drug-likeness (QED) is 0.860. The number of halogens is 1. The van der Waals surface area contributed by atoms with E-state index < -0.39 is 6.10 Å². The number of carbonyl (C=O) groups is 1. The molecule has 1 aliphatic carbocycles. The molecule has 6 heteroatoms. The van der Waals surface area contributed by atoms with Crippen molar-refractivity contribution in [2.75, 3.05) is 26.3 Å². The molecule has 1 spiro atoms. The molecular weight excluding hydrogens is 306 g/mol. The number of β-amino-alcohol motifs (C(OH)–C–C–N with tert-alkyl or cyclic N) is 1. The molecular formula is C16H18ClNO4. The molecule has 5 nitrogen and oxygen atoms in total. The van der Waals surface area contributed by atoms with Crippen LogP contribution in [0, 0.1) is 5.41 Å². The fourth-order valence-corrected chi connectivity index (χ4v) is 3.56. The summed E-state index contributed by atoms with van der Waals surface area (Å²) in [6.45, 7) is 2.12. The van der Waals surface area contributed by atoms with Crippen molar-refractivity contribution in [2.45, 2.75) is 25.4 Å². The smallest absolute Gasteiger partial charge is 0.254 e. The minimum absolute atomic E-state index is 0.0508. The van der Waals surface area contributed by atoms with Crippen molar-refractivity contribution in [3.8, 4) is 11.5 Å². The van der Waals surface area contributed by atoms with Crippen LogP contribution in [0.5, 0.6) is 11.5 Å². The number of fused-ring (bicyclic) bond motifs is 1. The number of rotatable bonds is 1.